The number of carbonyl (C=O) groups excluding carboxylic acids is 1. The van der Waals surface area contributed by atoms with Crippen molar-refractivity contribution in [2.24, 2.45) is 0 Å². The number of benzene rings is 1. The first kappa shape index (κ1) is 13.5. The number of halogens is 3. The van der Waals surface area contributed by atoms with E-state index in [1.807, 2.05) is 0 Å². The van der Waals surface area contributed by atoms with Crippen LogP contribution in [0.3, 0.4) is 0 Å². The van der Waals surface area contributed by atoms with Gasteiger partial charge in [-0.25, -0.2) is 13.2 Å². The average Bonchev–Trinajstić information content (AvgIpc) is 2.28. The molecule has 94 valence electrons. The molecule has 0 spiro atoms. The summed E-state index contributed by atoms with van der Waals surface area (Å²) in [5, 5.41) is 10.9. The second kappa shape index (κ2) is 5.67. The van der Waals surface area contributed by atoms with Gasteiger partial charge in [0.2, 0.25) is 0 Å². The van der Waals surface area contributed by atoms with Crippen LogP contribution in [0.4, 0.5) is 13.2 Å². The number of aliphatic hydroxyl groups excluding tert-OH is 1. The molecule has 0 bridgehead atoms. The highest BCUT2D eigenvalue weighted by atomic mass is 19.3. The first-order valence-corrected chi connectivity index (χ1v) is 4.92. The van der Waals surface area contributed by atoms with Crippen molar-refractivity contribution in [2.45, 2.75) is 19.5 Å². The maximum Gasteiger partial charge on any atom is 0.265 e. The molecule has 1 rings (SSSR count). The number of hydrogen-bond acceptors (Lipinski definition) is 2. The molecule has 0 aliphatic rings. The van der Waals surface area contributed by atoms with Gasteiger partial charge in [0.15, 0.2) is 0 Å². The summed E-state index contributed by atoms with van der Waals surface area (Å²) in [6.45, 7) is 1.02. The van der Waals surface area contributed by atoms with Crippen LogP contribution in [0.2, 0.25) is 0 Å². The van der Waals surface area contributed by atoms with E-state index in [0.29, 0.717) is 5.56 Å². The van der Waals surface area contributed by atoms with Crippen LogP contribution in [-0.4, -0.2) is 30.1 Å². The van der Waals surface area contributed by atoms with Gasteiger partial charge in [-0.2, -0.15) is 0 Å². The molecule has 0 saturated carbocycles. The number of alkyl halides is 2. The molecule has 1 unspecified atom stereocenters. The van der Waals surface area contributed by atoms with Gasteiger partial charge in [-0.3, -0.25) is 4.79 Å². The van der Waals surface area contributed by atoms with Gasteiger partial charge in [0.1, 0.15) is 11.9 Å². The molecule has 1 amide bonds. The van der Waals surface area contributed by atoms with Crippen LogP contribution in [0.5, 0.6) is 0 Å². The van der Waals surface area contributed by atoms with Gasteiger partial charge in [-0.05, 0) is 24.6 Å². The molecular formula is C11H12F3NO2. The molecule has 3 nitrogen and oxygen atoms in total. The second-order valence-electron chi connectivity index (χ2n) is 3.57. The molecule has 0 fully saturated rings. The Hall–Kier alpha value is -1.56. The van der Waals surface area contributed by atoms with E-state index >= 15 is 0 Å². The Bertz CT molecular complexity index is 410. The topological polar surface area (TPSA) is 49.3 Å². The van der Waals surface area contributed by atoms with Crippen molar-refractivity contribution >= 4 is 5.91 Å². The Balaban J connectivity index is 2.67. The predicted molar refractivity (Wildman–Crippen MR) is 55.5 cm³/mol. The Kier molecular flexibility index (Phi) is 4.51. The average molecular weight is 247 g/mol. The Morgan fingerprint density at radius 3 is 2.71 bits per heavy atom. The lowest BCUT2D eigenvalue weighted by Crippen LogP contribution is -2.36. The van der Waals surface area contributed by atoms with Crippen molar-refractivity contribution in [1.29, 1.82) is 0 Å². The van der Waals surface area contributed by atoms with Crippen LogP contribution < -0.4 is 5.32 Å². The number of nitrogens with one attached hydrogen (secondary N) is 1. The van der Waals surface area contributed by atoms with E-state index in [1.165, 1.54) is 12.1 Å². The molecule has 1 atom stereocenters. The van der Waals surface area contributed by atoms with Gasteiger partial charge in [-0.15, -0.1) is 0 Å². The lowest BCUT2D eigenvalue weighted by molar-refractivity contribution is -0.00270. The standard InChI is InChI=1S/C11H12F3NO2/c1-6-2-3-7(12)4-8(6)11(17)15-5-9(16)10(13)14/h2-4,9-10,16H,5H2,1H3,(H,15,17). The molecule has 0 heterocycles. The van der Waals surface area contributed by atoms with Crippen molar-refractivity contribution < 1.29 is 23.1 Å². The fourth-order valence-corrected chi connectivity index (χ4v) is 1.22. The molecule has 0 aromatic heterocycles. The maximum atomic E-state index is 12.9. The first-order chi connectivity index (χ1) is 7.91. The fraction of sp³-hybridized carbons (Fsp3) is 0.364. The molecule has 17 heavy (non-hydrogen) atoms. The minimum absolute atomic E-state index is 0.0615. The van der Waals surface area contributed by atoms with Gasteiger partial charge < -0.3 is 10.4 Å². The summed E-state index contributed by atoms with van der Waals surface area (Å²) in [7, 11) is 0. The van der Waals surface area contributed by atoms with Crippen LogP contribution in [0, 0.1) is 12.7 Å². The van der Waals surface area contributed by atoms with E-state index < -0.39 is 30.8 Å². The summed E-state index contributed by atoms with van der Waals surface area (Å²) < 4.78 is 36.8. The highest BCUT2D eigenvalue weighted by Crippen LogP contribution is 2.10. The normalized spacial score (nSPS) is 12.6. The molecule has 0 saturated heterocycles. The van der Waals surface area contributed by atoms with E-state index in [4.69, 9.17) is 5.11 Å². The summed E-state index contributed by atoms with van der Waals surface area (Å²) in [6, 6.07) is 3.62. The van der Waals surface area contributed by atoms with Gasteiger partial charge in [0.25, 0.3) is 12.3 Å². The van der Waals surface area contributed by atoms with Crippen molar-refractivity contribution in [1.82, 2.24) is 5.32 Å². The largest absolute Gasteiger partial charge is 0.385 e. The molecular weight excluding hydrogens is 235 g/mol. The summed E-state index contributed by atoms with van der Waals surface area (Å²) >= 11 is 0. The maximum absolute atomic E-state index is 12.9. The smallest absolute Gasteiger partial charge is 0.265 e. The quantitative estimate of drug-likeness (QED) is 0.846. The minimum Gasteiger partial charge on any atom is -0.385 e. The Morgan fingerprint density at radius 1 is 1.47 bits per heavy atom. The number of aryl methyl sites for hydroxylation is 1. The van der Waals surface area contributed by atoms with E-state index in [9.17, 15) is 18.0 Å². The number of rotatable bonds is 4. The summed E-state index contributed by atoms with van der Waals surface area (Å²) in [6.07, 6.45) is -4.85. The highest BCUT2D eigenvalue weighted by Gasteiger charge is 2.18. The molecule has 2 N–H and O–H groups in total. The van der Waals surface area contributed by atoms with Crippen LogP contribution in [-0.2, 0) is 0 Å². The number of amides is 1. The van der Waals surface area contributed by atoms with Crippen molar-refractivity contribution in [3.05, 3.63) is 35.1 Å². The van der Waals surface area contributed by atoms with Gasteiger partial charge in [-0.1, -0.05) is 6.07 Å². The number of hydrogen-bond donors (Lipinski definition) is 2. The summed E-state index contributed by atoms with van der Waals surface area (Å²) in [5.74, 6) is -1.28. The zero-order valence-electron chi connectivity index (χ0n) is 9.08. The number of carbonyl (C=O) groups is 1. The van der Waals surface area contributed by atoms with Crippen LogP contribution in [0.25, 0.3) is 0 Å². The molecule has 0 aliphatic heterocycles. The third kappa shape index (κ3) is 3.74. The lowest BCUT2D eigenvalue weighted by atomic mass is 10.1. The Morgan fingerprint density at radius 2 is 2.12 bits per heavy atom. The SMILES string of the molecule is Cc1ccc(F)cc1C(=O)NCC(O)C(F)F. The zero-order valence-corrected chi connectivity index (χ0v) is 9.08. The summed E-state index contributed by atoms with van der Waals surface area (Å²) in [4.78, 5) is 11.5. The van der Waals surface area contributed by atoms with Gasteiger partial charge in [0, 0.05) is 12.1 Å². The Labute approximate surface area is 96.3 Å². The highest BCUT2D eigenvalue weighted by molar-refractivity contribution is 5.95. The van der Waals surface area contributed by atoms with Crippen molar-refractivity contribution in [3.8, 4) is 0 Å². The van der Waals surface area contributed by atoms with Gasteiger partial charge in [0.05, 0.1) is 0 Å². The third-order valence-corrected chi connectivity index (χ3v) is 2.21. The lowest BCUT2D eigenvalue weighted by Gasteiger charge is -2.11. The monoisotopic (exact) mass is 247 g/mol. The van der Waals surface area contributed by atoms with Crippen molar-refractivity contribution in [2.75, 3.05) is 6.54 Å². The molecule has 1 aromatic rings. The van der Waals surface area contributed by atoms with Crippen molar-refractivity contribution in [3.63, 3.8) is 0 Å². The minimum atomic E-state index is -2.93. The third-order valence-electron chi connectivity index (χ3n) is 2.21. The molecule has 0 aliphatic carbocycles. The van der Waals surface area contributed by atoms with E-state index in [-0.39, 0.29) is 5.56 Å². The van der Waals surface area contributed by atoms with E-state index in [2.05, 4.69) is 5.32 Å². The molecule has 1 aromatic carbocycles. The summed E-state index contributed by atoms with van der Waals surface area (Å²) in [5.41, 5.74) is 0.585. The zero-order chi connectivity index (χ0) is 13.0. The van der Waals surface area contributed by atoms with Crippen LogP contribution >= 0.6 is 0 Å². The van der Waals surface area contributed by atoms with Gasteiger partial charge >= 0.3 is 0 Å². The van der Waals surface area contributed by atoms with Crippen LogP contribution in [0.15, 0.2) is 18.2 Å². The van der Waals surface area contributed by atoms with E-state index in [1.54, 1.807) is 6.92 Å². The predicted octanol–water partition coefficient (Wildman–Crippen LogP) is 1.49. The van der Waals surface area contributed by atoms with Crippen LogP contribution in [0.1, 0.15) is 15.9 Å². The van der Waals surface area contributed by atoms with E-state index in [0.717, 1.165) is 6.07 Å². The second-order valence-corrected chi connectivity index (χ2v) is 3.57. The fourth-order valence-electron chi connectivity index (χ4n) is 1.22. The molecule has 0 radical (unpaired) electrons. The number of aliphatic hydroxyl groups is 1. The molecule has 6 heteroatoms. The first-order valence-electron chi connectivity index (χ1n) is 4.92.